The minimum Gasteiger partial charge on any atom is -0.507 e. The van der Waals surface area contributed by atoms with Gasteiger partial charge >= 0.3 is 0 Å². The quantitative estimate of drug-likeness (QED) is 0.231. The molecule has 0 saturated carbocycles. The Kier molecular flexibility index (Phi) is 5.40. The zero-order chi connectivity index (χ0) is 23.1. The zero-order valence-corrected chi connectivity index (χ0v) is 18.6. The normalized spacial score (nSPS) is 17.8. The Bertz CT molecular complexity index is 1430. The minimum absolute atomic E-state index is 0.0147. The number of carbonyl (C=O) groups excluding carboxylic acids is 2. The van der Waals surface area contributed by atoms with Gasteiger partial charge in [-0.05, 0) is 36.4 Å². The monoisotopic (exact) mass is 477 g/mol. The van der Waals surface area contributed by atoms with Crippen LogP contribution >= 0.6 is 23.2 Å². The number of nitrogens with zero attached hydrogens (tertiary/aromatic N) is 2. The molecule has 0 radical (unpaired) electrons. The molecular weight excluding hydrogens is 461 g/mol. The average Bonchev–Trinajstić information content (AvgIpc) is 3.35. The van der Waals surface area contributed by atoms with E-state index in [4.69, 9.17) is 23.2 Å². The van der Waals surface area contributed by atoms with Crippen molar-refractivity contribution in [1.82, 2.24) is 14.9 Å². The van der Waals surface area contributed by atoms with Crippen LogP contribution < -0.4 is 0 Å². The first kappa shape index (κ1) is 21.2. The van der Waals surface area contributed by atoms with Crippen molar-refractivity contribution in [1.29, 1.82) is 0 Å². The Morgan fingerprint density at radius 2 is 1.82 bits per heavy atom. The van der Waals surface area contributed by atoms with E-state index in [9.17, 15) is 14.7 Å². The van der Waals surface area contributed by atoms with Crippen molar-refractivity contribution in [3.05, 3.63) is 105 Å². The van der Waals surface area contributed by atoms with Crippen LogP contribution in [0, 0.1) is 0 Å². The van der Waals surface area contributed by atoms with Gasteiger partial charge in [0.1, 0.15) is 5.76 Å². The lowest BCUT2D eigenvalue weighted by atomic mass is 9.95. The van der Waals surface area contributed by atoms with Crippen LogP contribution in [-0.2, 0) is 16.1 Å². The number of ketones is 1. The van der Waals surface area contributed by atoms with Gasteiger partial charge in [-0.1, -0.05) is 47.5 Å². The highest BCUT2D eigenvalue weighted by molar-refractivity contribution is 6.47. The number of amides is 1. The van der Waals surface area contributed by atoms with Crippen LogP contribution in [0.4, 0.5) is 0 Å². The Morgan fingerprint density at radius 1 is 1.03 bits per heavy atom. The third-order valence-corrected chi connectivity index (χ3v) is 6.45. The highest BCUT2D eigenvalue weighted by atomic mass is 35.5. The molecule has 3 heterocycles. The number of likely N-dealkylation sites (tertiary alicyclic amines) is 1. The second kappa shape index (κ2) is 8.39. The summed E-state index contributed by atoms with van der Waals surface area (Å²) < 4.78 is 0. The SMILES string of the molecule is O=C1C(=O)N(Cc2ccccn2)C(c2c[nH]c3ccccc23)/C1=C(\O)c1ccc(Cl)c(Cl)c1. The number of pyridine rings is 1. The van der Waals surface area contributed by atoms with E-state index in [0.717, 1.165) is 10.9 Å². The number of H-pyrrole nitrogens is 1. The predicted octanol–water partition coefficient (Wildman–Crippen LogP) is 5.49. The van der Waals surface area contributed by atoms with Crippen LogP contribution in [0.3, 0.4) is 0 Å². The van der Waals surface area contributed by atoms with Crippen molar-refractivity contribution in [2.45, 2.75) is 12.6 Å². The maximum absolute atomic E-state index is 13.2. The van der Waals surface area contributed by atoms with E-state index in [-0.39, 0.29) is 22.9 Å². The number of aromatic nitrogens is 2. The fraction of sp³-hybridized carbons (Fsp3) is 0.0800. The number of rotatable bonds is 4. The largest absolute Gasteiger partial charge is 0.507 e. The van der Waals surface area contributed by atoms with E-state index in [1.54, 1.807) is 30.6 Å². The maximum atomic E-state index is 13.2. The molecule has 2 N–H and O–H groups in total. The number of benzene rings is 2. The molecule has 2 aromatic carbocycles. The number of hydrogen-bond acceptors (Lipinski definition) is 4. The fourth-order valence-corrected chi connectivity index (χ4v) is 4.45. The fourth-order valence-electron chi connectivity index (χ4n) is 4.15. The maximum Gasteiger partial charge on any atom is 0.296 e. The third kappa shape index (κ3) is 3.67. The summed E-state index contributed by atoms with van der Waals surface area (Å²) in [5, 5.41) is 12.6. The zero-order valence-electron chi connectivity index (χ0n) is 17.1. The van der Waals surface area contributed by atoms with Gasteiger partial charge in [-0.15, -0.1) is 0 Å². The predicted molar refractivity (Wildman–Crippen MR) is 127 cm³/mol. The summed E-state index contributed by atoms with van der Waals surface area (Å²) in [6.07, 6.45) is 3.39. The average molecular weight is 478 g/mol. The van der Waals surface area contributed by atoms with E-state index in [2.05, 4.69) is 9.97 Å². The summed E-state index contributed by atoms with van der Waals surface area (Å²) in [6.45, 7) is 0.105. The highest BCUT2D eigenvalue weighted by Gasteiger charge is 2.47. The molecule has 0 aliphatic carbocycles. The summed E-state index contributed by atoms with van der Waals surface area (Å²) >= 11 is 12.2. The third-order valence-electron chi connectivity index (χ3n) is 5.71. The molecule has 1 aliphatic rings. The van der Waals surface area contributed by atoms with Crippen molar-refractivity contribution in [2.24, 2.45) is 0 Å². The summed E-state index contributed by atoms with van der Waals surface area (Å²) in [5.41, 5.74) is 2.45. The van der Waals surface area contributed by atoms with Crippen molar-refractivity contribution < 1.29 is 14.7 Å². The van der Waals surface area contributed by atoms with Gasteiger partial charge in [0.2, 0.25) is 0 Å². The molecule has 4 aromatic rings. The van der Waals surface area contributed by atoms with Gasteiger partial charge < -0.3 is 15.0 Å². The Labute approximate surface area is 199 Å². The molecule has 5 rings (SSSR count). The molecule has 1 amide bonds. The van der Waals surface area contributed by atoms with E-state index in [1.165, 1.54) is 17.0 Å². The van der Waals surface area contributed by atoms with Gasteiger partial charge in [0.25, 0.3) is 11.7 Å². The number of nitrogens with one attached hydrogen (secondary N) is 1. The topological polar surface area (TPSA) is 86.3 Å². The molecule has 0 spiro atoms. The van der Waals surface area contributed by atoms with Gasteiger partial charge in [-0.25, -0.2) is 0 Å². The number of halogens is 2. The molecule has 0 bridgehead atoms. The lowest BCUT2D eigenvalue weighted by Crippen LogP contribution is -2.29. The lowest BCUT2D eigenvalue weighted by Gasteiger charge is -2.24. The van der Waals surface area contributed by atoms with E-state index >= 15 is 0 Å². The first-order chi connectivity index (χ1) is 16.0. The molecular formula is C25H17Cl2N3O3. The van der Waals surface area contributed by atoms with E-state index in [1.807, 2.05) is 30.3 Å². The van der Waals surface area contributed by atoms with Crippen LogP contribution in [0.2, 0.25) is 10.0 Å². The van der Waals surface area contributed by atoms with Gasteiger partial charge in [0.15, 0.2) is 0 Å². The van der Waals surface area contributed by atoms with Gasteiger partial charge in [-0.2, -0.15) is 0 Å². The Morgan fingerprint density at radius 3 is 2.58 bits per heavy atom. The number of aliphatic hydroxyl groups excluding tert-OH is 1. The van der Waals surface area contributed by atoms with E-state index in [0.29, 0.717) is 21.8 Å². The number of fused-ring (bicyclic) bond motifs is 1. The van der Waals surface area contributed by atoms with Crippen LogP contribution in [0.1, 0.15) is 22.9 Å². The standard InChI is InChI=1S/C25H17Cl2N3O3/c26-18-9-8-14(11-19(18)27)23(31)21-22(17-12-29-20-7-2-1-6-16(17)20)30(25(33)24(21)32)13-15-5-3-4-10-28-15/h1-12,22,29,31H,13H2/b23-21+. The van der Waals surface area contributed by atoms with Gasteiger partial charge in [0.05, 0.1) is 33.9 Å². The van der Waals surface area contributed by atoms with Crippen LogP contribution in [0.15, 0.2) is 78.6 Å². The molecule has 8 heteroatoms. The summed E-state index contributed by atoms with van der Waals surface area (Å²) in [6, 6.07) is 16.7. The van der Waals surface area contributed by atoms with Gasteiger partial charge in [0, 0.05) is 34.4 Å². The highest BCUT2D eigenvalue weighted by Crippen LogP contribution is 2.43. The number of aromatic amines is 1. The first-order valence-corrected chi connectivity index (χ1v) is 10.9. The number of aliphatic hydroxyl groups is 1. The van der Waals surface area contributed by atoms with Crippen LogP contribution in [0.5, 0.6) is 0 Å². The van der Waals surface area contributed by atoms with Crippen molar-refractivity contribution in [2.75, 3.05) is 0 Å². The van der Waals surface area contributed by atoms with Crippen molar-refractivity contribution in [3.63, 3.8) is 0 Å². The Balaban J connectivity index is 1.72. The van der Waals surface area contributed by atoms with E-state index < -0.39 is 17.7 Å². The van der Waals surface area contributed by atoms with Crippen molar-refractivity contribution in [3.8, 4) is 0 Å². The molecule has 6 nitrogen and oxygen atoms in total. The molecule has 1 atom stereocenters. The van der Waals surface area contributed by atoms with Crippen molar-refractivity contribution >= 4 is 51.6 Å². The number of hydrogen-bond donors (Lipinski definition) is 2. The number of para-hydroxylation sites is 1. The van der Waals surface area contributed by atoms with Crippen LogP contribution in [-0.4, -0.2) is 31.7 Å². The molecule has 1 saturated heterocycles. The second-order valence-corrected chi connectivity index (χ2v) is 8.48. The lowest BCUT2D eigenvalue weighted by molar-refractivity contribution is -0.140. The van der Waals surface area contributed by atoms with Crippen LogP contribution in [0.25, 0.3) is 16.7 Å². The second-order valence-electron chi connectivity index (χ2n) is 7.67. The smallest absolute Gasteiger partial charge is 0.296 e. The summed E-state index contributed by atoms with van der Waals surface area (Å²) in [4.78, 5) is 35.3. The summed E-state index contributed by atoms with van der Waals surface area (Å²) in [7, 11) is 0. The molecule has 164 valence electrons. The molecule has 1 fully saturated rings. The van der Waals surface area contributed by atoms with Gasteiger partial charge in [-0.3, -0.25) is 14.6 Å². The number of Topliss-reactive ketones (excluding diaryl/α,β-unsaturated/α-hetero) is 1. The molecule has 33 heavy (non-hydrogen) atoms. The molecule has 1 unspecified atom stereocenters. The first-order valence-electron chi connectivity index (χ1n) is 10.2. The minimum atomic E-state index is -0.822. The summed E-state index contributed by atoms with van der Waals surface area (Å²) in [5.74, 6) is -1.80. The molecule has 1 aliphatic heterocycles. The molecule has 2 aromatic heterocycles. The Hall–Kier alpha value is -3.61. The number of carbonyl (C=O) groups is 2.